The summed E-state index contributed by atoms with van der Waals surface area (Å²) in [6, 6.07) is 7.78. The van der Waals surface area contributed by atoms with E-state index in [2.05, 4.69) is 46.9 Å². The molecule has 0 saturated heterocycles. The molecule has 0 bridgehead atoms. The van der Waals surface area contributed by atoms with Gasteiger partial charge in [-0.25, -0.2) is 0 Å². The van der Waals surface area contributed by atoms with Gasteiger partial charge >= 0.3 is 0 Å². The highest BCUT2D eigenvalue weighted by Gasteiger charge is 2.23. The van der Waals surface area contributed by atoms with Gasteiger partial charge in [0.05, 0.1) is 11.1 Å². The average Bonchev–Trinajstić information content (AvgIpc) is 2.68. The van der Waals surface area contributed by atoms with Gasteiger partial charge in [0.15, 0.2) is 5.84 Å². The highest BCUT2D eigenvalue weighted by molar-refractivity contribution is 6.51. The molecule has 0 aliphatic carbocycles. The summed E-state index contributed by atoms with van der Waals surface area (Å²) in [6.45, 7) is 12.5. The van der Waals surface area contributed by atoms with Crippen molar-refractivity contribution >= 4 is 28.8 Å². The van der Waals surface area contributed by atoms with E-state index in [0.29, 0.717) is 0 Å². The summed E-state index contributed by atoms with van der Waals surface area (Å²) in [6.07, 6.45) is 2.04. The number of halogens is 1. The van der Waals surface area contributed by atoms with E-state index in [1.54, 1.807) is 0 Å². The van der Waals surface area contributed by atoms with Gasteiger partial charge in [-0.2, -0.15) is 0 Å². The van der Waals surface area contributed by atoms with Gasteiger partial charge in [0.25, 0.3) is 0 Å². The maximum absolute atomic E-state index is 6.09. The number of benzene rings is 1. The molecule has 1 aliphatic heterocycles. The van der Waals surface area contributed by atoms with Crippen LogP contribution in [0.2, 0.25) is 5.02 Å². The van der Waals surface area contributed by atoms with Gasteiger partial charge in [-0.3, -0.25) is 9.98 Å². The quantitative estimate of drug-likeness (QED) is 0.799. The molecule has 4 heteroatoms. The lowest BCUT2D eigenvalue weighted by atomic mass is 10.1. The zero-order valence-corrected chi connectivity index (χ0v) is 14.9. The third-order valence-corrected chi connectivity index (χ3v) is 3.05. The van der Waals surface area contributed by atoms with Crippen molar-refractivity contribution in [3.8, 4) is 0 Å². The molecule has 0 spiro atoms. The normalized spacial score (nSPS) is 19.5. The molecule has 0 radical (unpaired) electrons. The van der Waals surface area contributed by atoms with Crippen molar-refractivity contribution in [2.75, 3.05) is 0 Å². The van der Waals surface area contributed by atoms with Crippen LogP contribution in [0.25, 0.3) is 5.70 Å². The molecule has 0 fully saturated rings. The average molecular weight is 318 g/mol. The summed E-state index contributed by atoms with van der Waals surface area (Å²) in [7, 11) is 0. The van der Waals surface area contributed by atoms with Gasteiger partial charge in [-0.1, -0.05) is 23.7 Å². The van der Waals surface area contributed by atoms with Crippen molar-refractivity contribution in [2.45, 2.75) is 52.6 Å². The highest BCUT2D eigenvalue weighted by atomic mass is 35.5. The first-order chi connectivity index (χ1) is 10.0. The second-order valence-corrected chi connectivity index (χ2v) is 7.93. The van der Waals surface area contributed by atoms with Crippen LogP contribution in [-0.2, 0) is 0 Å². The molecule has 0 atom stereocenters. The Balaban J connectivity index is 2.46. The number of nitrogens with zero attached hydrogens (tertiary/aromatic N) is 2. The maximum atomic E-state index is 6.09. The number of nitrogens with one attached hydrogen (secondary N) is 1. The van der Waals surface area contributed by atoms with Crippen LogP contribution in [0.5, 0.6) is 0 Å². The highest BCUT2D eigenvalue weighted by Crippen LogP contribution is 2.22. The van der Waals surface area contributed by atoms with Gasteiger partial charge in [-0.05, 0) is 65.3 Å². The van der Waals surface area contributed by atoms with Crippen LogP contribution in [0, 0.1) is 0 Å². The van der Waals surface area contributed by atoms with Crippen molar-refractivity contribution in [1.29, 1.82) is 0 Å². The summed E-state index contributed by atoms with van der Waals surface area (Å²) in [5, 5.41) is 4.10. The van der Waals surface area contributed by atoms with Gasteiger partial charge in [0.2, 0.25) is 0 Å². The Morgan fingerprint density at radius 3 is 2.14 bits per heavy atom. The van der Waals surface area contributed by atoms with E-state index in [1.807, 2.05) is 30.3 Å². The lowest BCUT2D eigenvalue weighted by Crippen LogP contribution is -2.28. The molecule has 1 aromatic carbocycles. The maximum Gasteiger partial charge on any atom is 0.151 e. The number of hydrogen-bond donors (Lipinski definition) is 1. The minimum absolute atomic E-state index is 0.157. The monoisotopic (exact) mass is 317 g/mol. The Kier molecular flexibility index (Phi) is 4.48. The van der Waals surface area contributed by atoms with Crippen LogP contribution in [0.4, 0.5) is 0 Å². The minimum atomic E-state index is -0.168. The predicted molar refractivity (Wildman–Crippen MR) is 96.9 cm³/mol. The first-order valence-electron chi connectivity index (χ1n) is 7.48. The summed E-state index contributed by atoms with van der Waals surface area (Å²) < 4.78 is 0. The van der Waals surface area contributed by atoms with Gasteiger partial charge < -0.3 is 5.32 Å². The Morgan fingerprint density at radius 1 is 0.955 bits per heavy atom. The first-order valence-corrected chi connectivity index (χ1v) is 7.86. The third-order valence-electron chi connectivity index (χ3n) is 2.82. The zero-order valence-electron chi connectivity index (χ0n) is 14.2. The van der Waals surface area contributed by atoms with Gasteiger partial charge in [0.1, 0.15) is 5.71 Å². The van der Waals surface area contributed by atoms with E-state index >= 15 is 0 Å². The van der Waals surface area contributed by atoms with Crippen LogP contribution in [-0.4, -0.2) is 22.6 Å². The van der Waals surface area contributed by atoms with Crippen molar-refractivity contribution in [1.82, 2.24) is 5.32 Å². The molecular weight excluding hydrogens is 294 g/mol. The fraction of sp³-hybridized carbons (Fsp3) is 0.444. The second-order valence-electron chi connectivity index (χ2n) is 7.49. The molecule has 22 heavy (non-hydrogen) atoms. The van der Waals surface area contributed by atoms with Crippen molar-refractivity contribution in [3.05, 3.63) is 40.9 Å². The van der Waals surface area contributed by atoms with Crippen LogP contribution in [0.15, 0.2) is 40.3 Å². The van der Waals surface area contributed by atoms with Crippen molar-refractivity contribution < 1.29 is 0 Å². The molecule has 0 unspecified atom stereocenters. The van der Waals surface area contributed by atoms with Crippen molar-refractivity contribution in [3.63, 3.8) is 0 Å². The lowest BCUT2D eigenvalue weighted by Gasteiger charge is -2.17. The SMILES string of the molecule is CC(C)(C)N=C1C=C(c2cccc(Cl)c2)NC1=NC(C)(C)C. The molecule has 1 aliphatic rings. The van der Waals surface area contributed by atoms with E-state index < -0.39 is 0 Å². The fourth-order valence-electron chi connectivity index (χ4n) is 2.11. The van der Waals surface area contributed by atoms with E-state index in [0.717, 1.165) is 27.8 Å². The Hall–Kier alpha value is -1.61. The van der Waals surface area contributed by atoms with Crippen molar-refractivity contribution in [2.24, 2.45) is 9.98 Å². The second kappa shape index (κ2) is 5.88. The Labute approximate surface area is 138 Å². The largest absolute Gasteiger partial charge is 0.338 e. The molecule has 1 heterocycles. The van der Waals surface area contributed by atoms with E-state index in [4.69, 9.17) is 21.6 Å². The summed E-state index contributed by atoms with van der Waals surface area (Å²) in [5.41, 5.74) is 2.58. The standard InChI is InChI=1S/C18H24ClN3/c1-17(2,3)21-15-11-14(12-8-7-9-13(19)10-12)20-16(15)22-18(4,5)6/h7-11H,1-6H3,(H,20,21,22). The fourth-order valence-corrected chi connectivity index (χ4v) is 2.30. The summed E-state index contributed by atoms with van der Waals surface area (Å²) >= 11 is 6.09. The third kappa shape index (κ3) is 4.70. The van der Waals surface area contributed by atoms with Crippen LogP contribution < -0.4 is 5.32 Å². The molecule has 118 valence electrons. The number of amidine groups is 1. The number of rotatable bonds is 1. The summed E-state index contributed by atoms with van der Waals surface area (Å²) in [4.78, 5) is 9.55. The van der Waals surface area contributed by atoms with Gasteiger partial charge in [0, 0.05) is 10.7 Å². The molecule has 0 amide bonds. The van der Waals surface area contributed by atoms with Crippen LogP contribution in [0.3, 0.4) is 0 Å². The summed E-state index contributed by atoms with van der Waals surface area (Å²) in [5.74, 6) is 0.817. The molecule has 1 aromatic rings. The molecular formula is C18H24ClN3. The zero-order chi connectivity index (χ0) is 16.5. The number of aliphatic imine (C=N–C) groups is 2. The van der Waals surface area contributed by atoms with E-state index in [1.165, 1.54) is 0 Å². The predicted octanol–water partition coefficient (Wildman–Crippen LogP) is 4.72. The molecule has 0 aromatic heterocycles. The topological polar surface area (TPSA) is 36.8 Å². The molecule has 1 N–H and O–H groups in total. The smallest absolute Gasteiger partial charge is 0.151 e. The van der Waals surface area contributed by atoms with Gasteiger partial charge in [-0.15, -0.1) is 0 Å². The van der Waals surface area contributed by atoms with Crippen LogP contribution in [0.1, 0.15) is 47.1 Å². The minimum Gasteiger partial charge on any atom is -0.338 e. The van der Waals surface area contributed by atoms with E-state index in [9.17, 15) is 0 Å². The first kappa shape index (κ1) is 16.8. The lowest BCUT2D eigenvalue weighted by molar-refractivity contribution is 0.578. The molecule has 0 saturated carbocycles. The van der Waals surface area contributed by atoms with E-state index in [-0.39, 0.29) is 11.1 Å². The Bertz CT molecular complexity index is 656. The van der Waals surface area contributed by atoms with Crippen LogP contribution >= 0.6 is 11.6 Å². The molecule has 2 rings (SSSR count). The Morgan fingerprint density at radius 2 is 1.59 bits per heavy atom. The number of hydrogen-bond acceptors (Lipinski definition) is 2. The molecule has 3 nitrogen and oxygen atoms in total.